The average Bonchev–Trinajstić information content (AvgIpc) is 3.42. The molecule has 0 spiro atoms. The van der Waals surface area contributed by atoms with Crippen LogP contribution in [0.2, 0.25) is 0 Å². The van der Waals surface area contributed by atoms with Gasteiger partial charge < -0.3 is 20.7 Å². The van der Waals surface area contributed by atoms with Crippen LogP contribution in [0.25, 0.3) is 0 Å². The van der Waals surface area contributed by atoms with Crippen LogP contribution >= 0.6 is 0 Å². The number of carbonyl (C=O) groups is 3. The first kappa shape index (κ1) is 18.8. The van der Waals surface area contributed by atoms with Crippen molar-refractivity contribution in [3.63, 3.8) is 0 Å². The zero-order valence-electron chi connectivity index (χ0n) is 14.5. The molecule has 1 aromatic rings. The van der Waals surface area contributed by atoms with Gasteiger partial charge in [0.15, 0.2) is 6.61 Å². The zero-order chi connectivity index (χ0) is 18.1. The van der Waals surface area contributed by atoms with Gasteiger partial charge in [-0.25, -0.2) is 0 Å². The van der Waals surface area contributed by atoms with Gasteiger partial charge in [-0.2, -0.15) is 0 Å². The maximum absolute atomic E-state index is 11.9. The van der Waals surface area contributed by atoms with Crippen LogP contribution in [0.15, 0.2) is 24.3 Å². The number of hydrogen-bond acceptors (Lipinski definition) is 4. The van der Waals surface area contributed by atoms with Crippen LogP contribution in [0.4, 0.5) is 5.69 Å². The molecule has 0 bridgehead atoms. The van der Waals surface area contributed by atoms with E-state index >= 15 is 0 Å². The molecular formula is C18H25N3O4. The summed E-state index contributed by atoms with van der Waals surface area (Å²) in [6.45, 7) is 2.84. The van der Waals surface area contributed by atoms with Gasteiger partial charge in [-0.3, -0.25) is 14.4 Å². The summed E-state index contributed by atoms with van der Waals surface area (Å²) in [5.41, 5.74) is 0.611. The molecule has 0 saturated heterocycles. The SMILES string of the molecule is CCNC(=O)COc1cccc(NC(=O)CCCNC(=O)C2CC2)c1. The van der Waals surface area contributed by atoms with Crippen LogP contribution in [-0.2, 0) is 14.4 Å². The second-order valence-corrected chi connectivity index (χ2v) is 5.99. The van der Waals surface area contributed by atoms with Crippen LogP contribution < -0.4 is 20.7 Å². The van der Waals surface area contributed by atoms with Crippen LogP contribution in [0.5, 0.6) is 5.75 Å². The highest BCUT2D eigenvalue weighted by Gasteiger charge is 2.28. The van der Waals surface area contributed by atoms with E-state index in [1.807, 2.05) is 6.92 Å². The Kier molecular flexibility index (Phi) is 7.25. The lowest BCUT2D eigenvalue weighted by Crippen LogP contribution is -2.28. The monoisotopic (exact) mass is 347 g/mol. The normalized spacial score (nSPS) is 13.0. The quantitative estimate of drug-likeness (QED) is 0.558. The van der Waals surface area contributed by atoms with E-state index in [0.717, 1.165) is 12.8 Å². The van der Waals surface area contributed by atoms with Gasteiger partial charge in [-0.1, -0.05) is 6.07 Å². The van der Waals surface area contributed by atoms with Crippen molar-refractivity contribution in [1.82, 2.24) is 10.6 Å². The van der Waals surface area contributed by atoms with Crippen molar-refractivity contribution < 1.29 is 19.1 Å². The minimum absolute atomic E-state index is 0.0636. The molecule has 3 amide bonds. The highest BCUT2D eigenvalue weighted by atomic mass is 16.5. The zero-order valence-corrected chi connectivity index (χ0v) is 14.5. The maximum atomic E-state index is 11.9. The fourth-order valence-electron chi connectivity index (χ4n) is 2.23. The first-order valence-corrected chi connectivity index (χ1v) is 8.65. The Bertz CT molecular complexity index is 614. The van der Waals surface area contributed by atoms with Gasteiger partial charge >= 0.3 is 0 Å². The third kappa shape index (κ3) is 7.24. The minimum atomic E-state index is -0.190. The van der Waals surface area contributed by atoms with E-state index in [9.17, 15) is 14.4 Å². The standard InChI is InChI=1S/C18H25N3O4/c1-2-19-17(23)12-25-15-6-3-5-14(11-15)21-16(22)7-4-10-20-18(24)13-8-9-13/h3,5-6,11,13H,2,4,7-10,12H2,1H3,(H,19,23)(H,20,24)(H,21,22). The Labute approximate surface area is 147 Å². The Morgan fingerprint density at radius 1 is 1.16 bits per heavy atom. The van der Waals surface area contributed by atoms with E-state index in [1.165, 1.54) is 0 Å². The molecule has 0 unspecified atom stereocenters. The molecule has 2 rings (SSSR count). The van der Waals surface area contributed by atoms with Crippen molar-refractivity contribution in [1.29, 1.82) is 0 Å². The molecule has 1 aliphatic rings. The Hall–Kier alpha value is -2.57. The topological polar surface area (TPSA) is 96.5 Å². The van der Waals surface area contributed by atoms with E-state index in [1.54, 1.807) is 24.3 Å². The molecule has 1 aliphatic carbocycles. The maximum Gasteiger partial charge on any atom is 0.257 e. The third-order valence-electron chi connectivity index (χ3n) is 3.69. The largest absolute Gasteiger partial charge is 0.484 e. The predicted octanol–water partition coefficient (Wildman–Crippen LogP) is 1.45. The molecule has 0 radical (unpaired) electrons. The number of likely N-dealkylation sites (N-methyl/N-ethyl adjacent to an activating group) is 1. The van der Waals surface area contributed by atoms with Crippen molar-refractivity contribution in [3.8, 4) is 5.75 Å². The van der Waals surface area contributed by atoms with Crippen molar-refractivity contribution in [2.45, 2.75) is 32.6 Å². The molecule has 1 aromatic carbocycles. The predicted molar refractivity (Wildman–Crippen MR) is 94.2 cm³/mol. The van der Waals surface area contributed by atoms with E-state index < -0.39 is 0 Å². The Morgan fingerprint density at radius 2 is 1.96 bits per heavy atom. The van der Waals surface area contributed by atoms with Gasteiger partial charge in [0.1, 0.15) is 5.75 Å². The number of amides is 3. The number of nitrogens with one attached hydrogen (secondary N) is 3. The number of carbonyl (C=O) groups excluding carboxylic acids is 3. The molecule has 1 fully saturated rings. The highest BCUT2D eigenvalue weighted by molar-refractivity contribution is 5.91. The lowest BCUT2D eigenvalue weighted by Gasteiger charge is -2.09. The number of benzene rings is 1. The lowest BCUT2D eigenvalue weighted by molar-refractivity contribution is -0.123. The van der Waals surface area contributed by atoms with Crippen molar-refractivity contribution >= 4 is 23.4 Å². The first-order valence-electron chi connectivity index (χ1n) is 8.65. The van der Waals surface area contributed by atoms with Crippen LogP contribution in [-0.4, -0.2) is 37.4 Å². The van der Waals surface area contributed by atoms with E-state index in [0.29, 0.717) is 37.4 Å². The van der Waals surface area contributed by atoms with Gasteiger partial charge in [0.05, 0.1) is 0 Å². The fourth-order valence-corrected chi connectivity index (χ4v) is 2.23. The molecule has 3 N–H and O–H groups in total. The lowest BCUT2D eigenvalue weighted by atomic mass is 10.2. The second-order valence-electron chi connectivity index (χ2n) is 5.99. The van der Waals surface area contributed by atoms with Crippen LogP contribution in [0.3, 0.4) is 0 Å². The van der Waals surface area contributed by atoms with E-state index in [2.05, 4.69) is 16.0 Å². The summed E-state index contributed by atoms with van der Waals surface area (Å²) >= 11 is 0. The summed E-state index contributed by atoms with van der Waals surface area (Å²) in [7, 11) is 0. The van der Waals surface area contributed by atoms with Crippen LogP contribution in [0.1, 0.15) is 32.6 Å². The van der Waals surface area contributed by atoms with Crippen LogP contribution in [0, 0.1) is 5.92 Å². The smallest absolute Gasteiger partial charge is 0.257 e. The number of ether oxygens (including phenoxy) is 1. The third-order valence-corrected chi connectivity index (χ3v) is 3.69. The molecule has 25 heavy (non-hydrogen) atoms. The van der Waals surface area contributed by atoms with E-state index in [-0.39, 0.29) is 30.2 Å². The number of rotatable bonds is 10. The molecule has 0 aliphatic heterocycles. The molecule has 0 aromatic heterocycles. The average molecular weight is 347 g/mol. The van der Waals surface area contributed by atoms with Crippen molar-refractivity contribution in [3.05, 3.63) is 24.3 Å². The van der Waals surface area contributed by atoms with Gasteiger partial charge in [0, 0.05) is 37.2 Å². The summed E-state index contributed by atoms with van der Waals surface area (Å²) in [5, 5.41) is 8.27. The summed E-state index contributed by atoms with van der Waals surface area (Å²) < 4.78 is 5.38. The molecule has 7 nitrogen and oxygen atoms in total. The summed E-state index contributed by atoms with van der Waals surface area (Å²) in [4.78, 5) is 34.8. The fraction of sp³-hybridized carbons (Fsp3) is 0.500. The van der Waals surface area contributed by atoms with Gasteiger partial charge in [-0.05, 0) is 38.3 Å². The molecule has 0 heterocycles. The van der Waals surface area contributed by atoms with Gasteiger partial charge in [-0.15, -0.1) is 0 Å². The number of hydrogen-bond donors (Lipinski definition) is 3. The molecule has 7 heteroatoms. The molecule has 136 valence electrons. The van der Waals surface area contributed by atoms with E-state index in [4.69, 9.17) is 4.74 Å². The Morgan fingerprint density at radius 3 is 2.68 bits per heavy atom. The summed E-state index contributed by atoms with van der Waals surface area (Å²) in [5.74, 6) is 0.487. The Balaban J connectivity index is 1.68. The molecule has 1 saturated carbocycles. The molecule has 0 atom stereocenters. The van der Waals surface area contributed by atoms with Gasteiger partial charge in [0.25, 0.3) is 5.91 Å². The minimum Gasteiger partial charge on any atom is -0.484 e. The first-order chi connectivity index (χ1) is 12.1. The number of anilines is 1. The van der Waals surface area contributed by atoms with Crippen molar-refractivity contribution in [2.24, 2.45) is 5.92 Å². The van der Waals surface area contributed by atoms with Gasteiger partial charge in [0.2, 0.25) is 11.8 Å². The highest BCUT2D eigenvalue weighted by Crippen LogP contribution is 2.28. The summed E-state index contributed by atoms with van der Waals surface area (Å²) in [6, 6.07) is 6.90. The molecular weight excluding hydrogens is 322 g/mol. The summed E-state index contributed by atoms with van der Waals surface area (Å²) in [6.07, 6.45) is 2.88. The second kappa shape index (κ2) is 9.66. The van der Waals surface area contributed by atoms with Crippen molar-refractivity contribution in [2.75, 3.05) is 25.0 Å².